The highest BCUT2D eigenvalue weighted by Crippen LogP contribution is 2.28. The Kier molecular flexibility index (Phi) is 5.40. The number of hydrogen-bond donors (Lipinski definition) is 3. The minimum Gasteiger partial charge on any atom is -0.497 e. The van der Waals surface area contributed by atoms with Crippen molar-refractivity contribution >= 4 is 0 Å². The second-order valence-electron chi connectivity index (χ2n) is 5.67. The molecular formula is C16H25NO3. The largest absolute Gasteiger partial charge is 0.497 e. The predicted molar refractivity (Wildman–Crippen MR) is 78.9 cm³/mol. The normalized spacial score (nSPS) is 19.6. The fourth-order valence-electron chi connectivity index (χ4n) is 2.88. The number of nitrogens with one attached hydrogen (secondary N) is 1. The number of ether oxygens (including phenoxy) is 1. The quantitative estimate of drug-likeness (QED) is 0.745. The summed E-state index contributed by atoms with van der Waals surface area (Å²) in [5.41, 5.74) is 0.660. The minimum absolute atomic E-state index is 0.141. The van der Waals surface area contributed by atoms with E-state index in [2.05, 4.69) is 5.32 Å². The SMILES string of the molecule is COc1ccc(C(O)CNC2(CO)CCCCC2)cc1. The van der Waals surface area contributed by atoms with Crippen LogP contribution in [-0.2, 0) is 0 Å². The van der Waals surface area contributed by atoms with Gasteiger partial charge in [0.05, 0.1) is 19.8 Å². The van der Waals surface area contributed by atoms with Gasteiger partial charge >= 0.3 is 0 Å². The van der Waals surface area contributed by atoms with Gasteiger partial charge in [0, 0.05) is 12.1 Å². The van der Waals surface area contributed by atoms with Crippen LogP contribution in [0.4, 0.5) is 0 Å². The Bertz CT molecular complexity index is 399. The first-order valence-electron chi connectivity index (χ1n) is 7.37. The van der Waals surface area contributed by atoms with Crippen molar-refractivity contribution < 1.29 is 14.9 Å². The summed E-state index contributed by atoms with van der Waals surface area (Å²) in [4.78, 5) is 0. The van der Waals surface area contributed by atoms with E-state index in [-0.39, 0.29) is 12.1 Å². The van der Waals surface area contributed by atoms with E-state index in [1.165, 1.54) is 6.42 Å². The van der Waals surface area contributed by atoms with Gasteiger partial charge in [-0.3, -0.25) is 0 Å². The lowest BCUT2D eigenvalue weighted by Gasteiger charge is -2.37. The van der Waals surface area contributed by atoms with Crippen LogP contribution in [-0.4, -0.2) is 36.0 Å². The molecule has 0 aliphatic heterocycles. The summed E-state index contributed by atoms with van der Waals surface area (Å²) in [7, 11) is 1.63. The third kappa shape index (κ3) is 3.72. The van der Waals surface area contributed by atoms with E-state index in [4.69, 9.17) is 4.74 Å². The van der Waals surface area contributed by atoms with Gasteiger partial charge in [-0.15, -0.1) is 0 Å². The molecule has 4 nitrogen and oxygen atoms in total. The van der Waals surface area contributed by atoms with Crippen LogP contribution in [0.5, 0.6) is 5.75 Å². The molecule has 0 spiro atoms. The Hall–Kier alpha value is -1.10. The third-order valence-corrected chi connectivity index (χ3v) is 4.28. The molecule has 0 aromatic heterocycles. The minimum atomic E-state index is -0.564. The molecule has 0 saturated heterocycles. The van der Waals surface area contributed by atoms with Crippen molar-refractivity contribution in [3.63, 3.8) is 0 Å². The average molecular weight is 279 g/mol. The van der Waals surface area contributed by atoms with Crippen LogP contribution in [0.25, 0.3) is 0 Å². The lowest BCUT2D eigenvalue weighted by molar-refractivity contribution is 0.0943. The average Bonchev–Trinajstić information content (AvgIpc) is 2.53. The number of aliphatic hydroxyl groups is 2. The Labute approximate surface area is 120 Å². The van der Waals surface area contributed by atoms with Crippen LogP contribution in [0.2, 0.25) is 0 Å². The first-order valence-corrected chi connectivity index (χ1v) is 7.37. The van der Waals surface area contributed by atoms with Crippen LogP contribution in [0.1, 0.15) is 43.8 Å². The maximum absolute atomic E-state index is 10.2. The molecule has 0 bridgehead atoms. The Balaban J connectivity index is 1.91. The summed E-state index contributed by atoms with van der Waals surface area (Å²) in [5, 5.41) is 23.3. The molecule has 1 aromatic carbocycles. The summed E-state index contributed by atoms with van der Waals surface area (Å²) in [6.45, 7) is 0.606. The topological polar surface area (TPSA) is 61.7 Å². The molecule has 0 radical (unpaired) electrons. The van der Waals surface area contributed by atoms with Gasteiger partial charge in [-0.1, -0.05) is 31.4 Å². The highest BCUT2D eigenvalue weighted by atomic mass is 16.5. The van der Waals surface area contributed by atoms with Gasteiger partial charge in [0.25, 0.3) is 0 Å². The fourth-order valence-corrected chi connectivity index (χ4v) is 2.88. The van der Waals surface area contributed by atoms with E-state index >= 15 is 0 Å². The van der Waals surface area contributed by atoms with Crippen molar-refractivity contribution in [1.29, 1.82) is 0 Å². The van der Waals surface area contributed by atoms with E-state index in [9.17, 15) is 10.2 Å². The molecule has 112 valence electrons. The second-order valence-corrected chi connectivity index (χ2v) is 5.67. The summed E-state index contributed by atoms with van der Waals surface area (Å²) in [6.07, 6.45) is 4.94. The van der Waals surface area contributed by atoms with Crippen molar-refractivity contribution in [3.8, 4) is 5.75 Å². The number of methoxy groups -OCH3 is 1. The van der Waals surface area contributed by atoms with Gasteiger partial charge < -0.3 is 20.3 Å². The maximum Gasteiger partial charge on any atom is 0.118 e. The molecule has 20 heavy (non-hydrogen) atoms. The Morgan fingerprint density at radius 3 is 2.40 bits per heavy atom. The summed E-state index contributed by atoms with van der Waals surface area (Å²) < 4.78 is 5.11. The van der Waals surface area contributed by atoms with Crippen molar-refractivity contribution in [2.75, 3.05) is 20.3 Å². The van der Waals surface area contributed by atoms with E-state index < -0.39 is 6.10 Å². The molecule has 1 aliphatic rings. The molecule has 0 heterocycles. The second kappa shape index (κ2) is 7.07. The molecule has 1 aliphatic carbocycles. The van der Waals surface area contributed by atoms with Crippen LogP contribution in [0.15, 0.2) is 24.3 Å². The van der Waals surface area contributed by atoms with Gasteiger partial charge in [-0.25, -0.2) is 0 Å². The number of aliphatic hydroxyl groups excluding tert-OH is 2. The van der Waals surface area contributed by atoms with Crippen LogP contribution < -0.4 is 10.1 Å². The lowest BCUT2D eigenvalue weighted by Crippen LogP contribution is -2.51. The summed E-state index contributed by atoms with van der Waals surface area (Å²) >= 11 is 0. The number of benzene rings is 1. The van der Waals surface area contributed by atoms with E-state index in [1.54, 1.807) is 7.11 Å². The molecule has 4 heteroatoms. The summed E-state index contributed by atoms with van der Waals surface area (Å²) in [5.74, 6) is 0.785. The van der Waals surface area contributed by atoms with Crippen molar-refractivity contribution in [2.24, 2.45) is 0 Å². The third-order valence-electron chi connectivity index (χ3n) is 4.28. The number of hydrogen-bond acceptors (Lipinski definition) is 4. The van der Waals surface area contributed by atoms with Crippen molar-refractivity contribution in [1.82, 2.24) is 5.32 Å². The van der Waals surface area contributed by atoms with Gasteiger partial charge in [0.1, 0.15) is 5.75 Å². The molecule has 1 aromatic rings. The molecular weight excluding hydrogens is 254 g/mol. The van der Waals surface area contributed by atoms with E-state index in [0.717, 1.165) is 37.0 Å². The number of rotatable bonds is 6. The zero-order valence-electron chi connectivity index (χ0n) is 12.1. The van der Waals surface area contributed by atoms with E-state index in [1.807, 2.05) is 24.3 Å². The Morgan fingerprint density at radius 1 is 1.20 bits per heavy atom. The van der Waals surface area contributed by atoms with Crippen LogP contribution in [0.3, 0.4) is 0 Å². The molecule has 1 unspecified atom stereocenters. The van der Waals surface area contributed by atoms with Gasteiger partial charge in [0.2, 0.25) is 0 Å². The van der Waals surface area contributed by atoms with Crippen molar-refractivity contribution in [3.05, 3.63) is 29.8 Å². The molecule has 3 N–H and O–H groups in total. The van der Waals surface area contributed by atoms with E-state index in [0.29, 0.717) is 6.54 Å². The predicted octanol–water partition coefficient (Wildman–Crippen LogP) is 2.01. The summed E-state index contributed by atoms with van der Waals surface area (Å²) in [6, 6.07) is 7.44. The fraction of sp³-hybridized carbons (Fsp3) is 0.625. The first kappa shape index (κ1) is 15.3. The standard InChI is InChI=1S/C16H25NO3/c1-20-14-7-5-13(6-8-14)15(19)11-17-16(12-18)9-3-2-4-10-16/h5-8,15,17-19H,2-4,9-12H2,1H3. The van der Waals surface area contributed by atoms with Gasteiger partial charge in [-0.2, -0.15) is 0 Å². The lowest BCUT2D eigenvalue weighted by atomic mass is 9.82. The smallest absolute Gasteiger partial charge is 0.118 e. The molecule has 1 saturated carbocycles. The van der Waals surface area contributed by atoms with Crippen molar-refractivity contribution in [2.45, 2.75) is 43.7 Å². The van der Waals surface area contributed by atoms with Crippen LogP contribution >= 0.6 is 0 Å². The highest BCUT2D eigenvalue weighted by Gasteiger charge is 2.31. The maximum atomic E-state index is 10.2. The first-order chi connectivity index (χ1) is 9.69. The highest BCUT2D eigenvalue weighted by molar-refractivity contribution is 5.28. The Morgan fingerprint density at radius 2 is 1.85 bits per heavy atom. The molecule has 2 rings (SSSR count). The van der Waals surface area contributed by atoms with Crippen LogP contribution in [0, 0.1) is 0 Å². The molecule has 0 amide bonds. The molecule has 1 fully saturated rings. The van der Waals surface area contributed by atoms with Gasteiger partial charge in [0.15, 0.2) is 0 Å². The number of β-amino-alcohol motifs (C(OH)–C–C–N with tert-alkyl or cyclic N) is 1. The zero-order chi connectivity index (χ0) is 14.4. The monoisotopic (exact) mass is 279 g/mol. The van der Waals surface area contributed by atoms with Gasteiger partial charge in [-0.05, 0) is 30.5 Å². The zero-order valence-corrected chi connectivity index (χ0v) is 12.1. The molecule has 1 atom stereocenters.